The second-order valence-corrected chi connectivity index (χ2v) is 12.5. The second-order valence-electron chi connectivity index (χ2n) is 12.5. The van der Waals surface area contributed by atoms with Gasteiger partial charge in [0.2, 0.25) is 0 Å². The highest BCUT2D eigenvalue weighted by Gasteiger charge is 2.08. The fourth-order valence-electron chi connectivity index (χ4n) is 6.24. The fourth-order valence-corrected chi connectivity index (χ4v) is 6.24. The van der Waals surface area contributed by atoms with Crippen molar-refractivity contribution in [2.75, 3.05) is 0 Å². The standard InChI is InChI=1S/C45H42N2/c1-34(46-44-30-40(24-36-15-7-3-8-16-36)28-41(31-44)25-37-17-9-4-10-18-37)23-35(2)47-45-32-42(26-38-19-11-5-12-20-38)29-43(33-45)27-39-21-13-6-14-22-39/h3-22,28-33H,23-27H2,1-2H3. The van der Waals surface area contributed by atoms with E-state index in [0.717, 1.165) is 48.5 Å². The van der Waals surface area contributed by atoms with Crippen LogP contribution in [0.15, 0.2) is 168 Å². The molecule has 0 unspecified atom stereocenters. The van der Waals surface area contributed by atoms with E-state index in [0.29, 0.717) is 6.42 Å². The van der Waals surface area contributed by atoms with Crippen molar-refractivity contribution in [2.24, 2.45) is 9.98 Å². The van der Waals surface area contributed by atoms with E-state index in [1.807, 2.05) is 0 Å². The molecule has 0 heterocycles. The third kappa shape index (κ3) is 9.82. The molecule has 0 amide bonds. The molecule has 6 rings (SSSR count). The van der Waals surface area contributed by atoms with Gasteiger partial charge in [-0.15, -0.1) is 0 Å². The minimum Gasteiger partial charge on any atom is -0.258 e. The largest absolute Gasteiger partial charge is 0.258 e. The van der Waals surface area contributed by atoms with Crippen molar-refractivity contribution < 1.29 is 0 Å². The molecule has 6 aromatic carbocycles. The van der Waals surface area contributed by atoms with Gasteiger partial charge >= 0.3 is 0 Å². The number of rotatable bonds is 12. The number of benzene rings is 6. The minimum atomic E-state index is 0.716. The van der Waals surface area contributed by atoms with Gasteiger partial charge in [0.1, 0.15) is 0 Å². The first kappa shape index (κ1) is 31.6. The van der Waals surface area contributed by atoms with Gasteiger partial charge in [-0.3, -0.25) is 9.98 Å². The summed E-state index contributed by atoms with van der Waals surface area (Å²) in [6.45, 7) is 4.23. The maximum Gasteiger partial charge on any atom is 0.0634 e. The van der Waals surface area contributed by atoms with Crippen LogP contribution in [-0.4, -0.2) is 11.4 Å². The summed E-state index contributed by atoms with van der Waals surface area (Å²) in [5, 5.41) is 0. The molecule has 0 saturated carbocycles. The zero-order valence-electron chi connectivity index (χ0n) is 27.4. The molecule has 232 valence electrons. The van der Waals surface area contributed by atoms with Gasteiger partial charge in [0.15, 0.2) is 0 Å². The van der Waals surface area contributed by atoms with Crippen molar-refractivity contribution in [1.29, 1.82) is 0 Å². The maximum absolute atomic E-state index is 5.13. The molecule has 0 bridgehead atoms. The minimum absolute atomic E-state index is 0.716. The molecule has 0 spiro atoms. The number of aliphatic imine (C=N–C) groups is 2. The summed E-state index contributed by atoms with van der Waals surface area (Å²) in [5.74, 6) is 0. The topological polar surface area (TPSA) is 24.7 Å². The first-order valence-corrected chi connectivity index (χ1v) is 16.5. The van der Waals surface area contributed by atoms with E-state index in [1.165, 1.54) is 44.5 Å². The SMILES string of the molecule is CC(CC(C)=Nc1cc(Cc2ccccc2)cc(Cc2ccccc2)c1)=Nc1cc(Cc2ccccc2)cc(Cc2ccccc2)c1. The smallest absolute Gasteiger partial charge is 0.0634 e. The molecule has 0 aliphatic heterocycles. The second kappa shape index (κ2) is 15.8. The Morgan fingerprint density at radius 1 is 0.340 bits per heavy atom. The van der Waals surface area contributed by atoms with Gasteiger partial charge in [0.25, 0.3) is 0 Å². The van der Waals surface area contributed by atoms with Crippen LogP contribution in [0.2, 0.25) is 0 Å². The first-order chi connectivity index (χ1) is 23.0. The molecule has 0 fully saturated rings. The van der Waals surface area contributed by atoms with Gasteiger partial charge in [-0.2, -0.15) is 0 Å². The van der Waals surface area contributed by atoms with E-state index >= 15 is 0 Å². The Labute approximate surface area is 280 Å². The average molecular weight is 611 g/mol. The van der Waals surface area contributed by atoms with Crippen LogP contribution in [0.3, 0.4) is 0 Å². The lowest BCUT2D eigenvalue weighted by Crippen LogP contribution is -2.01. The van der Waals surface area contributed by atoms with E-state index in [2.05, 4.69) is 172 Å². The van der Waals surface area contributed by atoms with Gasteiger partial charge in [0.05, 0.1) is 11.4 Å². The Morgan fingerprint density at radius 3 is 0.851 bits per heavy atom. The molecule has 0 aliphatic carbocycles. The molecule has 0 aliphatic rings. The van der Waals surface area contributed by atoms with Crippen LogP contribution in [0.1, 0.15) is 64.8 Å². The Bertz CT molecular complexity index is 1680. The van der Waals surface area contributed by atoms with E-state index in [-0.39, 0.29) is 0 Å². The molecule has 0 aromatic heterocycles. The highest BCUT2D eigenvalue weighted by molar-refractivity contribution is 6.04. The van der Waals surface area contributed by atoms with E-state index in [1.54, 1.807) is 0 Å². The fraction of sp³-hybridized carbons (Fsp3) is 0.156. The molecule has 2 heteroatoms. The lowest BCUT2D eigenvalue weighted by molar-refractivity contribution is 1.13. The van der Waals surface area contributed by atoms with E-state index < -0.39 is 0 Å². The lowest BCUT2D eigenvalue weighted by Gasteiger charge is -2.11. The molecular formula is C45H42N2. The van der Waals surface area contributed by atoms with Crippen LogP contribution in [0.25, 0.3) is 0 Å². The number of hydrogen-bond acceptors (Lipinski definition) is 2. The number of hydrogen-bond donors (Lipinski definition) is 0. The summed E-state index contributed by atoms with van der Waals surface area (Å²) in [7, 11) is 0. The zero-order valence-corrected chi connectivity index (χ0v) is 27.4. The van der Waals surface area contributed by atoms with Gasteiger partial charge < -0.3 is 0 Å². The van der Waals surface area contributed by atoms with Crippen LogP contribution in [0.5, 0.6) is 0 Å². The molecule has 47 heavy (non-hydrogen) atoms. The highest BCUT2D eigenvalue weighted by atomic mass is 14.8. The molecule has 0 saturated heterocycles. The Balaban J connectivity index is 1.25. The van der Waals surface area contributed by atoms with Gasteiger partial charge in [-0.25, -0.2) is 0 Å². The average Bonchev–Trinajstić information content (AvgIpc) is 3.06. The Morgan fingerprint density at radius 2 is 0.596 bits per heavy atom. The zero-order chi connectivity index (χ0) is 32.3. The lowest BCUT2D eigenvalue weighted by atomic mass is 9.98. The predicted molar refractivity (Wildman–Crippen MR) is 200 cm³/mol. The van der Waals surface area contributed by atoms with Crippen LogP contribution in [0.4, 0.5) is 11.4 Å². The van der Waals surface area contributed by atoms with Gasteiger partial charge in [0, 0.05) is 17.8 Å². The van der Waals surface area contributed by atoms with Crippen molar-refractivity contribution in [3.05, 3.63) is 202 Å². The Kier molecular flexibility index (Phi) is 10.6. The van der Waals surface area contributed by atoms with Crippen molar-refractivity contribution >= 4 is 22.8 Å². The maximum atomic E-state index is 5.13. The summed E-state index contributed by atoms with van der Waals surface area (Å²) in [5.41, 5.74) is 14.5. The van der Waals surface area contributed by atoms with Crippen LogP contribution in [0, 0.1) is 0 Å². The molecule has 0 atom stereocenters. The van der Waals surface area contributed by atoms with Gasteiger partial charge in [-0.05, 0) is 108 Å². The van der Waals surface area contributed by atoms with E-state index in [9.17, 15) is 0 Å². The van der Waals surface area contributed by atoms with Crippen molar-refractivity contribution in [3.63, 3.8) is 0 Å². The van der Waals surface area contributed by atoms with Crippen molar-refractivity contribution in [2.45, 2.75) is 46.0 Å². The van der Waals surface area contributed by atoms with Crippen LogP contribution in [-0.2, 0) is 25.7 Å². The van der Waals surface area contributed by atoms with Crippen LogP contribution >= 0.6 is 0 Å². The Hall–Kier alpha value is -5.34. The highest BCUT2D eigenvalue weighted by Crippen LogP contribution is 2.25. The third-order valence-electron chi connectivity index (χ3n) is 8.23. The molecule has 6 aromatic rings. The summed E-state index contributed by atoms with van der Waals surface area (Å²) < 4.78 is 0. The quantitative estimate of drug-likeness (QED) is 0.123. The van der Waals surface area contributed by atoms with Crippen molar-refractivity contribution in [3.8, 4) is 0 Å². The first-order valence-electron chi connectivity index (χ1n) is 16.5. The monoisotopic (exact) mass is 610 g/mol. The molecule has 0 radical (unpaired) electrons. The molecule has 2 nitrogen and oxygen atoms in total. The molecular weight excluding hydrogens is 569 g/mol. The van der Waals surface area contributed by atoms with E-state index in [4.69, 9.17) is 9.98 Å². The van der Waals surface area contributed by atoms with Crippen LogP contribution < -0.4 is 0 Å². The predicted octanol–water partition coefficient (Wildman–Crippen LogP) is 11.3. The molecule has 0 N–H and O–H groups in total. The number of nitrogens with zero attached hydrogens (tertiary/aromatic N) is 2. The summed E-state index contributed by atoms with van der Waals surface area (Å²) in [6, 6.07) is 56.3. The summed E-state index contributed by atoms with van der Waals surface area (Å²) in [4.78, 5) is 10.3. The summed E-state index contributed by atoms with van der Waals surface area (Å²) >= 11 is 0. The third-order valence-corrected chi connectivity index (χ3v) is 8.23. The van der Waals surface area contributed by atoms with Crippen molar-refractivity contribution in [1.82, 2.24) is 0 Å². The summed E-state index contributed by atoms with van der Waals surface area (Å²) in [6.07, 6.45) is 4.26. The van der Waals surface area contributed by atoms with Gasteiger partial charge in [-0.1, -0.05) is 133 Å². The normalized spacial score (nSPS) is 11.9.